The molecule has 14 rings (SSSR count). The zero-order valence-electron chi connectivity index (χ0n) is 70.7. The average Bonchev–Trinajstić information content (AvgIpc) is 1.06. The lowest BCUT2D eigenvalue weighted by molar-refractivity contribution is -0.175. The third-order valence-corrected chi connectivity index (χ3v) is 25.9. The quantitative estimate of drug-likeness (QED) is 0.0120. The molecule has 5 aromatic carbocycles. The number of nitrogens with zero attached hydrogens (tertiary/aromatic N) is 10. The Morgan fingerprint density at radius 1 is 0.670 bits per heavy atom. The SMILES string of the molecule is CNc1cc(C(=O)N[C@@H](Cc2ccccc2)CN(C)C)cc(-c2cccc(C)c2OC)c1.COc1c(CN2O[C@@H](CN=[N+]=[N-])[C@@H]([C@H](C)O)[C@H]2C(=O)N[C@H]2C[C@H]3C[C@@H]([C@@H]2C)C3(C)C)cccc1C1=CC(C(=O)N[C@@H](Cc2ccccc2)CN(C)C)=CC(N(C)C)C1.C[C@@H]1[C@@H](NC(=O)[C@H]2NO[C@@H](CN=[N+]=[N-])[C@H]2[C@H](C)O)C[C@H]2C[C@@H]1C2(C)C. The highest BCUT2D eigenvalue weighted by atomic mass is 16.7. The molecule has 4 amide bonds. The lowest BCUT2D eigenvalue weighted by Crippen LogP contribution is -2.62. The number of hydroxylamine groups is 3. The maximum absolute atomic E-state index is 14.4. The summed E-state index contributed by atoms with van der Waals surface area (Å²) in [4.78, 5) is 78.5. The Kier molecular flexibility index (Phi) is 30.3. The molecule has 2 saturated heterocycles. The van der Waals surface area contributed by atoms with Crippen LogP contribution in [0.25, 0.3) is 37.6 Å². The molecule has 0 spiro atoms. The molecule has 6 saturated carbocycles. The number of rotatable bonds is 30. The first-order valence-electron chi connectivity index (χ1n) is 40.8. The van der Waals surface area contributed by atoms with Gasteiger partial charge in [-0.15, -0.1) is 0 Å². The van der Waals surface area contributed by atoms with E-state index in [4.69, 9.17) is 24.7 Å². The van der Waals surface area contributed by atoms with Gasteiger partial charge < -0.3 is 61.0 Å². The second-order valence-corrected chi connectivity index (χ2v) is 35.0. The molecule has 115 heavy (non-hydrogen) atoms. The first kappa shape index (κ1) is 88.5. The van der Waals surface area contributed by atoms with Crippen molar-refractivity contribution < 1.29 is 48.5 Å². The molecule has 26 heteroatoms. The number of nitrogens with one attached hydrogen (secondary N) is 6. The number of para-hydroxylation sites is 2. The van der Waals surface area contributed by atoms with Crippen LogP contribution in [0.4, 0.5) is 5.69 Å². The smallest absolute Gasteiger partial charge is 0.251 e. The van der Waals surface area contributed by atoms with Gasteiger partial charge in [-0.3, -0.25) is 28.9 Å². The lowest BCUT2D eigenvalue weighted by atomic mass is 9.45. The predicted octanol–water partition coefficient (Wildman–Crippen LogP) is 12.0. The largest absolute Gasteiger partial charge is 0.496 e. The van der Waals surface area contributed by atoms with Crippen LogP contribution < -0.4 is 41.5 Å². The number of likely N-dealkylation sites (N-methyl/N-ethyl adjacent to an activating group) is 3. The summed E-state index contributed by atoms with van der Waals surface area (Å²) in [5.41, 5.74) is 31.0. The molecule has 4 bridgehead atoms. The van der Waals surface area contributed by atoms with E-state index in [0.29, 0.717) is 77.2 Å². The number of methoxy groups -OCH3 is 2. The fourth-order valence-electron chi connectivity index (χ4n) is 19.4. The number of benzene rings is 5. The minimum atomic E-state index is -0.916. The minimum absolute atomic E-state index is 0.00454. The molecule has 5 aromatic rings. The van der Waals surface area contributed by atoms with Crippen LogP contribution in [0.3, 0.4) is 0 Å². The predicted molar refractivity (Wildman–Crippen MR) is 451 cm³/mol. The van der Waals surface area contributed by atoms with E-state index >= 15 is 0 Å². The van der Waals surface area contributed by atoms with Crippen LogP contribution in [0, 0.1) is 65.1 Å². The highest BCUT2D eigenvalue weighted by molar-refractivity contribution is 6.00. The lowest BCUT2D eigenvalue weighted by Gasteiger charge is -2.62. The summed E-state index contributed by atoms with van der Waals surface area (Å²) in [7, 11) is 17.2. The maximum Gasteiger partial charge on any atom is 0.251 e. The van der Waals surface area contributed by atoms with Gasteiger partial charge in [0.2, 0.25) is 11.8 Å². The van der Waals surface area contributed by atoms with Gasteiger partial charge in [-0.25, -0.2) is 0 Å². The Hall–Kier alpha value is -8.88. The van der Waals surface area contributed by atoms with Gasteiger partial charge in [-0.2, -0.15) is 10.5 Å². The fourth-order valence-corrected chi connectivity index (χ4v) is 19.4. The van der Waals surface area contributed by atoms with Crippen LogP contribution in [-0.2, 0) is 43.4 Å². The van der Waals surface area contributed by atoms with E-state index < -0.39 is 48.3 Å². The Morgan fingerprint density at radius 2 is 1.20 bits per heavy atom. The molecular formula is C89H126N16O10. The van der Waals surface area contributed by atoms with E-state index in [2.05, 4.69) is 133 Å². The number of anilines is 1. The standard InChI is InChI=1S/C45H64N8O5.C27H33N3O2.C17H29N5O3/c1-27-37-22-33(45(37,3)4)23-38(27)49-44(56)41-40(28(2)54)39(24-47-50-46)58-53(41)25-30-16-13-17-36(42(30)57-9)31-19-32(21-35(20-31)52(7)8)43(55)48-34(26-51(5)6)18-29-14-11-10-12-15-29;1-19-10-9-13-25(26(19)32-5)21-15-22(17-23(16-21)28-2)27(31)29-24(18-30(3)4)14-20-11-7-6-8-12-20;1-8-11-5-10(17(11,3)4)6-12(8)20-16(24)15-14(9(2)23)13(25-21-15)7-19-22-18/h10-17,19,21,27-28,33-35,37-41,54H,18,20,22-26H2,1-9H3,(H,48,55)(H,49,56);6-13,15-17,24,28H,14,18H2,1-5H3,(H,29,31);8-15,21,23H,5-7H2,1-4H3,(H,20,24)/t27-,28-,33+,34-,35?,37-,38-,39-,40+,41-;24-;8-,9-,10+,11-,12-,13-,14+,15-/m000/s1. The van der Waals surface area contributed by atoms with Crippen molar-refractivity contribution in [2.45, 2.75) is 181 Å². The van der Waals surface area contributed by atoms with Crippen molar-refractivity contribution in [3.05, 3.63) is 187 Å². The number of hydrogen-bond donors (Lipinski definition) is 8. The third kappa shape index (κ3) is 21.1. The van der Waals surface area contributed by atoms with Crippen LogP contribution in [-0.4, -0.2) is 210 Å². The van der Waals surface area contributed by atoms with Gasteiger partial charge in [0, 0.05) is 106 Å². The van der Waals surface area contributed by atoms with Crippen molar-refractivity contribution in [1.82, 2.24) is 46.5 Å². The van der Waals surface area contributed by atoms with Gasteiger partial charge in [0.25, 0.3) is 11.8 Å². The fraction of sp³-hybridized carbons (Fsp3) is 0.573. The second kappa shape index (κ2) is 39.4. The van der Waals surface area contributed by atoms with Gasteiger partial charge in [-0.05, 0) is 218 Å². The van der Waals surface area contributed by atoms with E-state index in [0.717, 1.165) is 76.2 Å². The Balaban J connectivity index is 0.000000205. The molecule has 8 fully saturated rings. The number of fused-ring (bicyclic) bond motifs is 4. The highest BCUT2D eigenvalue weighted by Crippen LogP contribution is 2.62. The van der Waals surface area contributed by atoms with Crippen molar-refractivity contribution in [3.8, 4) is 22.6 Å². The molecule has 0 radical (unpaired) electrons. The van der Waals surface area contributed by atoms with E-state index in [1.165, 1.54) is 18.4 Å². The topological polar surface area (TPSA) is 328 Å². The summed E-state index contributed by atoms with van der Waals surface area (Å²) in [6.07, 6.45) is 7.62. The molecule has 2 aliphatic heterocycles. The van der Waals surface area contributed by atoms with E-state index in [1.807, 2.05) is 159 Å². The van der Waals surface area contributed by atoms with Crippen molar-refractivity contribution in [2.24, 2.45) is 68.4 Å². The van der Waals surface area contributed by atoms with E-state index in [-0.39, 0.29) is 78.9 Å². The number of carbonyl (C=O) groups is 4. The Morgan fingerprint density at radius 3 is 1.70 bits per heavy atom. The van der Waals surface area contributed by atoms with E-state index in [9.17, 15) is 34.9 Å². The Bertz CT molecular complexity index is 4310. The number of aliphatic hydroxyl groups excluding tert-OH is 2. The second-order valence-electron chi connectivity index (χ2n) is 35.0. The molecule has 9 aliphatic rings. The number of hydrogen-bond acceptors (Lipinski definition) is 18. The number of carbonyl (C=O) groups excluding carboxylic acids is 4. The first-order valence-corrected chi connectivity index (χ1v) is 40.8. The van der Waals surface area contributed by atoms with Crippen LogP contribution in [0.5, 0.6) is 11.5 Å². The van der Waals surface area contributed by atoms with Crippen LogP contribution in [0.1, 0.15) is 126 Å². The number of amides is 4. The number of ether oxygens (including phenoxy) is 2. The summed E-state index contributed by atoms with van der Waals surface area (Å²) >= 11 is 0. The molecule has 0 aromatic heterocycles. The van der Waals surface area contributed by atoms with E-state index in [1.54, 1.807) is 33.1 Å². The molecule has 622 valence electrons. The summed E-state index contributed by atoms with van der Waals surface area (Å²) in [6, 6.07) is 36.8. The highest BCUT2D eigenvalue weighted by Gasteiger charge is 2.59. The average molecular weight is 1580 g/mol. The maximum atomic E-state index is 14.4. The van der Waals surface area contributed by atoms with Gasteiger partial charge in [0.1, 0.15) is 23.6 Å². The van der Waals surface area contributed by atoms with Gasteiger partial charge in [-0.1, -0.05) is 155 Å². The first-order chi connectivity index (χ1) is 54.8. The van der Waals surface area contributed by atoms with Crippen molar-refractivity contribution in [3.63, 3.8) is 0 Å². The molecule has 7 aliphatic carbocycles. The van der Waals surface area contributed by atoms with Gasteiger partial charge >= 0.3 is 0 Å². The Labute approximate surface area is 680 Å². The van der Waals surface area contributed by atoms with Crippen LogP contribution >= 0.6 is 0 Å². The van der Waals surface area contributed by atoms with Gasteiger partial charge in [0.15, 0.2) is 0 Å². The summed E-state index contributed by atoms with van der Waals surface area (Å²) in [6.45, 7) is 20.8. The van der Waals surface area contributed by atoms with Crippen molar-refractivity contribution in [1.29, 1.82) is 0 Å². The third-order valence-electron chi connectivity index (χ3n) is 25.9. The number of azide groups is 2. The van der Waals surface area contributed by atoms with Crippen LogP contribution in [0.15, 0.2) is 143 Å². The van der Waals surface area contributed by atoms with Crippen molar-refractivity contribution in [2.75, 3.05) is 95.0 Å². The monoisotopic (exact) mass is 1580 g/mol. The number of aliphatic hydroxyl groups is 2. The molecule has 2 heterocycles. The molecule has 26 nitrogen and oxygen atoms in total. The zero-order valence-corrected chi connectivity index (χ0v) is 70.7. The zero-order chi connectivity index (χ0) is 83.3. The molecular weight excluding hydrogens is 1450 g/mol. The van der Waals surface area contributed by atoms with Gasteiger partial charge in [0.05, 0.1) is 58.3 Å². The molecule has 8 N–H and O–H groups in total. The summed E-state index contributed by atoms with van der Waals surface area (Å²) in [5, 5.41) is 46.5. The molecule has 1 unspecified atom stereocenters. The normalized spacial score (nSPS) is 27.1. The summed E-state index contributed by atoms with van der Waals surface area (Å²) < 4.78 is 11.8. The minimum Gasteiger partial charge on any atom is -0.496 e. The molecule has 19 atom stereocenters. The number of aryl methyl sites for hydroxylation is 1. The summed E-state index contributed by atoms with van der Waals surface area (Å²) in [5.74, 6) is 2.94. The van der Waals surface area contributed by atoms with Crippen LogP contribution in [0.2, 0.25) is 0 Å². The van der Waals surface area contributed by atoms with Crippen molar-refractivity contribution >= 4 is 34.9 Å².